The molecule has 1 aromatic heterocycles. The average molecular weight is 285 g/mol. The first-order valence-electron chi connectivity index (χ1n) is 5.48. The van der Waals surface area contributed by atoms with Crippen LogP contribution in [0.2, 0.25) is 10.0 Å². The van der Waals surface area contributed by atoms with E-state index in [0.717, 1.165) is 11.3 Å². The molecule has 0 aliphatic heterocycles. The van der Waals surface area contributed by atoms with Gasteiger partial charge in [-0.2, -0.15) is 0 Å². The molecule has 1 unspecified atom stereocenters. The molecule has 0 radical (unpaired) electrons. The first-order chi connectivity index (χ1) is 8.61. The van der Waals surface area contributed by atoms with Crippen LogP contribution in [0.1, 0.15) is 17.3 Å². The van der Waals surface area contributed by atoms with Crippen molar-refractivity contribution in [2.24, 2.45) is 12.9 Å². The van der Waals surface area contributed by atoms with Crippen molar-refractivity contribution in [1.29, 1.82) is 0 Å². The summed E-state index contributed by atoms with van der Waals surface area (Å²) in [5, 5.41) is 1.11. The van der Waals surface area contributed by atoms with E-state index in [1.54, 1.807) is 12.4 Å². The van der Waals surface area contributed by atoms with Gasteiger partial charge in [0.2, 0.25) is 0 Å². The number of hydrogen-bond acceptors (Lipinski definition) is 3. The Labute approximate surface area is 116 Å². The maximum absolute atomic E-state index is 6.16. The Morgan fingerprint density at radius 2 is 2.22 bits per heavy atom. The minimum Gasteiger partial charge on any atom is -0.340 e. The van der Waals surface area contributed by atoms with Gasteiger partial charge in [-0.05, 0) is 18.1 Å². The molecule has 3 N–H and O–H groups in total. The number of hydrogen-bond donors (Lipinski definition) is 2. The molecule has 1 atom stereocenters. The number of aromatic nitrogens is 2. The van der Waals surface area contributed by atoms with E-state index in [2.05, 4.69) is 10.4 Å². The summed E-state index contributed by atoms with van der Waals surface area (Å²) < 4.78 is 1.87. The Kier molecular flexibility index (Phi) is 4.24. The van der Waals surface area contributed by atoms with Crippen molar-refractivity contribution < 1.29 is 0 Å². The maximum atomic E-state index is 6.16. The van der Waals surface area contributed by atoms with Crippen molar-refractivity contribution in [2.45, 2.75) is 12.5 Å². The molecule has 6 heteroatoms. The highest BCUT2D eigenvalue weighted by Gasteiger charge is 2.15. The van der Waals surface area contributed by atoms with Gasteiger partial charge in [0.05, 0.1) is 28.1 Å². The van der Waals surface area contributed by atoms with Crippen LogP contribution in [0.15, 0.2) is 30.7 Å². The number of hydrazine groups is 1. The van der Waals surface area contributed by atoms with Crippen molar-refractivity contribution in [1.82, 2.24) is 15.0 Å². The summed E-state index contributed by atoms with van der Waals surface area (Å²) >= 11 is 12.1. The van der Waals surface area contributed by atoms with Crippen molar-refractivity contribution >= 4 is 23.2 Å². The predicted molar refractivity (Wildman–Crippen MR) is 73.4 cm³/mol. The molecule has 1 aromatic carbocycles. The third-order valence-electron chi connectivity index (χ3n) is 2.74. The second kappa shape index (κ2) is 5.71. The van der Waals surface area contributed by atoms with Gasteiger partial charge in [0, 0.05) is 13.2 Å². The highest BCUT2D eigenvalue weighted by molar-refractivity contribution is 6.42. The topological polar surface area (TPSA) is 55.9 Å². The molecule has 0 saturated carbocycles. The molecule has 0 amide bonds. The highest BCUT2D eigenvalue weighted by Crippen LogP contribution is 2.28. The van der Waals surface area contributed by atoms with Gasteiger partial charge in [-0.3, -0.25) is 11.3 Å². The lowest BCUT2D eigenvalue weighted by Crippen LogP contribution is -2.30. The van der Waals surface area contributed by atoms with E-state index in [1.165, 1.54) is 0 Å². The predicted octanol–water partition coefficient (Wildman–Crippen LogP) is 2.47. The fourth-order valence-electron chi connectivity index (χ4n) is 1.79. The van der Waals surface area contributed by atoms with Gasteiger partial charge in [0.25, 0.3) is 0 Å². The molecule has 18 heavy (non-hydrogen) atoms. The molecule has 4 nitrogen and oxygen atoms in total. The smallest absolute Gasteiger partial charge is 0.0947 e. The second-order valence-corrected chi connectivity index (χ2v) is 4.89. The van der Waals surface area contributed by atoms with Crippen LogP contribution in [0.5, 0.6) is 0 Å². The fraction of sp³-hybridized carbons (Fsp3) is 0.250. The minimum absolute atomic E-state index is 0.0952. The van der Waals surface area contributed by atoms with E-state index in [-0.39, 0.29) is 6.04 Å². The summed E-state index contributed by atoms with van der Waals surface area (Å²) in [6.45, 7) is 0. The number of aryl methyl sites for hydroxylation is 1. The number of halogens is 2. The van der Waals surface area contributed by atoms with Gasteiger partial charge >= 0.3 is 0 Å². The van der Waals surface area contributed by atoms with Gasteiger partial charge in [0.15, 0.2) is 0 Å². The number of nitrogens with two attached hydrogens (primary N) is 1. The average Bonchev–Trinajstić information content (AvgIpc) is 2.78. The Hall–Kier alpha value is -1.07. The van der Waals surface area contributed by atoms with Gasteiger partial charge in [0.1, 0.15) is 0 Å². The van der Waals surface area contributed by atoms with Crippen LogP contribution in [0.4, 0.5) is 0 Å². The van der Waals surface area contributed by atoms with E-state index < -0.39 is 0 Å². The van der Waals surface area contributed by atoms with E-state index >= 15 is 0 Å². The van der Waals surface area contributed by atoms with Gasteiger partial charge in [-0.25, -0.2) is 4.98 Å². The summed E-state index contributed by atoms with van der Waals surface area (Å²) in [5.74, 6) is 5.57. The summed E-state index contributed by atoms with van der Waals surface area (Å²) in [6, 6.07) is 5.47. The minimum atomic E-state index is -0.0952. The van der Waals surface area contributed by atoms with Crippen molar-refractivity contribution in [3.8, 4) is 0 Å². The number of nitrogens with zero attached hydrogens (tertiary/aromatic N) is 2. The largest absolute Gasteiger partial charge is 0.340 e. The fourth-order valence-corrected chi connectivity index (χ4v) is 2.19. The van der Waals surface area contributed by atoms with E-state index in [4.69, 9.17) is 29.0 Å². The van der Waals surface area contributed by atoms with Crippen molar-refractivity contribution in [3.05, 3.63) is 52.0 Å². The Morgan fingerprint density at radius 1 is 1.44 bits per heavy atom. The molecular formula is C12H14Cl2N4. The lowest BCUT2D eigenvalue weighted by Gasteiger charge is -2.14. The van der Waals surface area contributed by atoms with Crippen LogP contribution >= 0.6 is 23.2 Å². The second-order valence-electron chi connectivity index (χ2n) is 4.10. The monoisotopic (exact) mass is 284 g/mol. The number of nitrogens with one attached hydrogen (secondary N) is 1. The molecule has 0 fully saturated rings. The van der Waals surface area contributed by atoms with Crippen LogP contribution in [0, 0.1) is 0 Å². The zero-order valence-electron chi connectivity index (χ0n) is 9.90. The van der Waals surface area contributed by atoms with Crippen molar-refractivity contribution in [2.75, 3.05) is 0 Å². The molecule has 0 spiro atoms. The summed E-state index contributed by atoms with van der Waals surface area (Å²) in [6.07, 6.45) is 4.29. The zero-order chi connectivity index (χ0) is 13.1. The number of imidazole rings is 1. The Morgan fingerprint density at radius 3 is 2.83 bits per heavy atom. The number of benzene rings is 1. The Bertz CT molecular complexity index is 539. The van der Waals surface area contributed by atoms with E-state index in [9.17, 15) is 0 Å². The van der Waals surface area contributed by atoms with Crippen LogP contribution in [-0.4, -0.2) is 9.55 Å². The summed E-state index contributed by atoms with van der Waals surface area (Å²) in [4.78, 5) is 4.28. The first kappa shape index (κ1) is 13.4. The van der Waals surface area contributed by atoms with Crippen molar-refractivity contribution in [3.63, 3.8) is 0 Å². The molecular weight excluding hydrogens is 271 g/mol. The third-order valence-corrected chi connectivity index (χ3v) is 3.60. The standard InChI is InChI=1S/C12H14Cl2N4/c1-18-6-11(16-7-18)10(17-15)5-8-3-2-4-9(13)12(8)14/h2-4,6-7,10,17H,5,15H2,1H3. The molecule has 0 aliphatic rings. The van der Waals surface area contributed by atoms with Crippen LogP contribution < -0.4 is 11.3 Å². The quantitative estimate of drug-likeness (QED) is 0.670. The first-order valence-corrected chi connectivity index (χ1v) is 6.24. The molecule has 2 rings (SSSR count). The van der Waals surface area contributed by atoms with Crippen LogP contribution in [0.3, 0.4) is 0 Å². The maximum Gasteiger partial charge on any atom is 0.0947 e. The van der Waals surface area contributed by atoms with Gasteiger partial charge in [-0.1, -0.05) is 35.3 Å². The molecule has 0 bridgehead atoms. The zero-order valence-corrected chi connectivity index (χ0v) is 11.4. The lowest BCUT2D eigenvalue weighted by atomic mass is 10.0. The molecule has 2 aromatic rings. The molecule has 0 aliphatic carbocycles. The number of rotatable bonds is 4. The molecule has 1 heterocycles. The van der Waals surface area contributed by atoms with Crippen LogP contribution in [0.25, 0.3) is 0 Å². The summed E-state index contributed by atoms with van der Waals surface area (Å²) in [5.41, 5.74) is 4.56. The van der Waals surface area contributed by atoms with E-state index in [1.807, 2.05) is 29.9 Å². The highest BCUT2D eigenvalue weighted by atomic mass is 35.5. The normalized spacial score (nSPS) is 12.7. The van der Waals surface area contributed by atoms with Gasteiger partial charge in [-0.15, -0.1) is 0 Å². The summed E-state index contributed by atoms with van der Waals surface area (Å²) in [7, 11) is 1.91. The SMILES string of the molecule is Cn1cnc(C(Cc2cccc(Cl)c2Cl)NN)c1. The van der Waals surface area contributed by atoms with Gasteiger partial charge < -0.3 is 4.57 Å². The third kappa shape index (κ3) is 2.84. The molecule has 96 valence electrons. The lowest BCUT2D eigenvalue weighted by molar-refractivity contribution is 0.540. The van der Waals surface area contributed by atoms with E-state index in [0.29, 0.717) is 16.5 Å². The van der Waals surface area contributed by atoms with Crippen LogP contribution in [-0.2, 0) is 13.5 Å². The molecule has 0 saturated heterocycles. The Balaban J connectivity index is 2.23.